The fourth-order valence-electron chi connectivity index (χ4n) is 3.28. The summed E-state index contributed by atoms with van der Waals surface area (Å²) in [5.74, 6) is 0.00695. The molecule has 0 fully saturated rings. The van der Waals surface area contributed by atoms with E-state index in [2.05, 4.69) is 34.9 Å². The fraction of sp³-hybridized carbons (Fsp3) is 0.300. The molecule has 2 aromatic rings. The summed E-state index contributed by atoms with van der Waals surface area (Å²) in [7, 11) is 1.69. The van der Waals surface area contributed by atoms with Gasteiger partial charge in [0.15, 0.2) is 0 Å². The number of ketones is 1. The minimum absolute atomic E-state index is 0.0264. The van der Waals surface area contributed by atoms with Crippen molar-refractivity contribution in [3.8, 4) is 11.1 Å². The van der Waals surface area contributed by atoms with Gasteiger partial charge in [-0.3, -0.25) is 4.79 Å². The van der Waals surface area contributed by atoms with Crippen LogP contribution < -0.4 is 10.6 Å². The van der Waals surface area contributed by atoms with Gasteiger partial charge in [0.25, 0.3) is 0 Å². The van der Waals surface area contributed by atoms with Gasteiger partial charge in [-0.25, -0.2) is 4.79 Å². The minimum atomic E-state index is -0.511. The maximum Gasteiger partial charge on any atom is 0.407 e. The maximum atomic E-state index is 12.0. The van der Waals surface area contributed by atoms with Crippen LogP contribution in [0.25, 0.3) is 11.1 Å². The quantitative estimate of drug-likeness (QED) is 0.850. The molecule has 3 rings (SSSR count). The van der Waals surface area contributed by atoms with Gasteiger partial charge >= 0.3 is 6.09 Å². The van der Waals surface area contributed by atoms with Crippen LogP contribution in [-0.4, -0.2) is 38.1 Å². The lowest BCUT2D eigenvalue weighted by Crippen LogP contribution is -2.43. The summed E-state index contributed by atoms with van der Waals surface area (Å²) in [6, 6.07) is 16.0. The van der Waals surface area contributed by atoms with E-state index in [0.717, 1.165) is 0 Å². The van der Waals surface area contributed by atoms with E-state index >= 15 is 0 Å². The molecule has 1 amide bonds. The topological polar surface area (TPSA) is 67.4 Å². The van der Waals surface area contributed by atoms with Crippen LogP contribution in [0, 0.1) is 0 Å². The van der Waals surface area contributed by atoms with Crippen LogP contribution in [0.4, 0.5) is 4.79 Å². The van der Waals surface area contributed by atoms with Crippen molar-refractivity contribution in [1.29, 1.82) is 0 Å². The van der Waals surface area contributed by atoms with E-state index in [0.29, 0.717) is 0 Å². The van der Waals surface area contributed by atoms with Gasteiger partial charge < -0.3 is 15.4 Å². The molecule has 2 aromatic carbocycles. The second-order valence-electron chi connectivity index (χ2n) is 6.16. The minimum Gasteiger partial charge on any atom is -0.449 e. The number of amides is 1. The zero-order chi connectivity index (χ0) is 17.8. The van der Waals surface area contributed by atoms with E-state index in [1.165, 1.54) is 29.2 Å². The van der Waals surface area contributed by atoms with Gasteiger partial charge in [0.05, 0.1) is 6.04 Å². The number of fused-ring (bicyclic) bond motifs is 3. The van der Waals surface area contributed by atoms with Crippen molar-refractivity contribution >= 4 is 11.9 Å². The third-order valence-electron chi connectivity index (χ3n) is 4.63. The second kappa shape index (κ2) is 7.49. The van der Waals surface area contributed by atoms with Gasteiger partial charge in [0.1, 0.15) is 12.4 Å². The number of rotatable bonds is 6. The lowest BCUT2D eigenvalue weighted by Gasteiger charge is -2.16. The van der Waals surface area contributed by atoms with Crippen LogP contribution in [0.15, 0.2) is 48.5 Å². The molecule has 1 aliphatic rings. The molecule has 0 heterocycles. The first kappa shape index (κ1) is 17.2. The van der Waals surface area contributed by atoms with Crippen LogP contribution in [0.1, 0.15) is 24.0 Å². The molecule has 0 aliphatic heterocycles. The van der Waals surface area contributed by atoms with Crippen molar-refractivity contribution in [2.45, 2.75) is 18.9 Å². The summed E-state index contributed by atoms with van der Waals surface area (Å²) in [5.41, 5.74) is 4.74. The number of hydrogen-bond acceptors (Lipinski definition) is 4. The highest BCUT2D eigenvalue weighted by molar-refractivity contribution is 5.82. The van der Waals surface area contributed by atoms with E-state index < -0.39 is 12.1 Å². The number of likely N-dealkylation sites (N-methyl/N-ethyl adjacent to an activating group) is 1. The Balaban J connectivity index is 1.65. The number of alkyl carbamates (subject to hydrolysis) is 1. The molecule has 0 aromatic heterocycles. The van der Waals surface area contributed by atoms with Gasteiger partial charge in [-0.1, -0.05) is 48.5 Å². The second-order valence-corrected chi connectivity index (χ2v) is 6.16. The van der Waals surface area contributed by atoms with Crippen molar-refractivity contribution in [2.75, 3.05) is 20.2 Å². The summed E-state index contributed by atoms with van der Waals surface area (Å²) >= 11 is 0. The number of hydrogen-bond donors (Lipinski definition) is 2. The van der Waals surface area contributed by atoms with Gasteiger partial charge in [-0.05, 0) is 36.2 Å². The van der Waals surface area contributed by atoms with Crippen molar-refractivity contribution in [3.05, 3.63) is 59.7 Å². The third-order valence-corrected chi connectivity index (χ3v) is 4.63. The maximum absolute atomic E-state index is 12.0. The number of Topliss-reactive ketones (excluding diaryl/α,β-unsaturated/α-hetero) is 1. The smallest absolute Gasteiger partial charge is 0.407 e. The Hall–Kier alpha value is -2.66. The first-order valence-corrected chi connectivity index (χ1v) is 8.38. The Kier molecular flexibility index (Phi) is 5.14. The van der Waals surface area contributed by atoms with Crippen LogP contribution in [-0.2, 0) is 9.53 Å². The normalized spacial score (nSPS) is 13.7. The SMILES string of the molecule is CN[C@@H](CNC(=O)OCC1c2ccccc2-c2ccccc21)C(C)=O. The molecule has 5 nitrogen and oxygen atoms in total. The molecule has 0 bridgehead atoms. The Morgan fingerprint density at radius 1 is 1.04 bits per heavy atom. The van der Waals surface area contributed by atoms with Crippen LogP contribution in [0.5, 0.6) is 0 Å². The molecule has 0 saturated heterocycles. The van der Waals surface area contributed by atoms with Crippen molar-refractivity contribution in [2.24, 2.45) is 0 Å². The third kappa shape index (κ3) is 3.56. The molecule has 0 radical (unpaired) electrons. The average molecular weight is 338 g/mol. The number of ether oxygens (including phenoxy) is 1. The van der Waals surface area contributed by atoms with Crippen molar-refractivity contribution < 1.29 is 14.3 Å². The number of nitrogens with one attached hydrogen (secondary N) is 2. The molecule has 2 N–H and O–H groups in total. The zero-order valence-corrected chi connectivity index (χ0v) is 14.4. The molecular weight excluding hydrogens is 316 g/mol. The van der Waals surface area contributed by atoms with Crippen molar-refractivity contribution in [3.63, 3.8) is 0 Å². The predicted molar refractivity (Wildman–Crippen MR) is 96.6 cm³/mol. The van der Waals surface area contributed by atoms with Crippen molar-refractivity contribution in [1.82, 2.24) is 10.6 Å². The molecule has 130 valence electrons. The first-order valence-electron chi connectivity index (χ1n) is 8.38. The van der Waals surface area contributed by atoms with E-state index in [-0.39, 0.29) is 24.9 Å². The van der Waals surface area contributed by atoms with Crippen LogP contribution in [0.3, 0.4) is 0 Å². The fourth-order valence-corrected chi connectivity index (χ4v) is 3.28. The van der Waals surface area contributed by atoms with Gasteiger partial charge in [-0.2, -0.15) is 0 Å². The summed E-state index contributed by atoms with van der Waals surface area (Å²) in [6.07, 6.45) is -0.511. The highest BCUT2D eigenvalue weighted by Crippen LogP contribution is 2.44. The zero-order valence-electron chi connectivity index (χ0n) is 14.4. The standard InChI is InChI=1S/C20H22N2O3/c1-13(23)19(21-2)11-22-20(24)25-12-18-16-9-5-3-7-14(16)15-8-4-6-10-17(15)18/h3-10,18-19,21H,11-12H2,1-2H3,(H,22,24)/t19-/m0/s1. The van der Waals surface area contributed by atoms with E-state index in [4.69, 9.17) is 4.74 Å². The molecule has 1 atom stereocenters. The number of carbonyl (C=O) groups excluding carboxylic acids is 2. The Labute approximate surface area is 147 Å². The summed E-state index contributed by atoms with van der Waals surface area (Å²) in [5, 5.41) is 5.50. The summed E-state index contributed by atoms with van der Waals surface area (Å²) < 4.78 is 5.43. The van der Waals surface area contributed by atoms with E-state index in [1.807, 2.05) is 24.3 Å². The van der Waals surface area contributed by atoms with Gasteiger partial charge in [0.2, 0.25) is 0 Å². The van der Waals surface area contributed by atoms with Gasteiger partial charge in [0, 0.05) is 12.5 Å². The average Bonchev–Trinajstić information content (AvgIpc) is 2.94. The molecular formula is C20H22N2O3. The Morgan fingerprint density at radius 2 is 1.60 bits per heavy atom. The largest absolute Gasteiger partial charge is 0.449 e. The highest BCUT2D eigenvalue weighted by Gasteiger charge is 2.29. The Bertz CT molecular complexity index is 743. The predicted octanol–water partition coefficient (Wildman–Crippen LogP) is 2.70. The first-order chi connectivity index (χ1) is 12.1. The molecule has 1 aliphatic carbocycles. The molecule has 0 spiro atoms. The molecule has 25 heavy (non-hydrogen) atoms. The lowest BCUT2D eigenvalue weighted by atomic mass is 9.98. The van der Waals surface area contributed by atoms with Crippen LogP contribution in [0.2, 0.25) is 0 Å². The molecule has 0 unspecified atom stereocenters. The Morgan fingerprint density at radius 3 is 2.12 bits per heavy atom. The lowest BCUT2D eigenvalue weighted by molar-refractivity contribution is -0.118. The molecule has 5 heteroatoms. The monoisotopic (exact) mass is 338 g/mol. The van der Waals surface area contributed by atoms with E-state index in [9.17, 15) is 9.59 Å². The summed E-state index contributed by atoms with van der Waals surface area (Å²) in [4.78, 5) is 23.4. The molecule has 0 saturated carbocycles. The summed E-state index contributed by atoms with van der Waals surface area (Å²) in [6.45, 7) is 1.97. The number of carbonyl (C=O) groups is 2. The van der Waals surface area contributed by atoms with Gasteiger partial charge in [-0.15, -0.1) is 0 Å². The highest BCUT2D eigenvalue weighted by atomic mass is 16.5. The van der Waals surface area contributed by atoms with Crippen LogP contribution >= 0.6 is 0 Å². The van der Waals surface area contributed by atoms with E-state index in [1.54, 1.807) is 7.05 Å². The number of benzene rings is 2.